The van der Waals surface area contributed by atoms with Gasteiger partial charge in [0.25, 0.3) is 0 Å². The molecule has 2 aromatic rings. The van der Waals surface area contributed by atoms with E-state index in [1.54, 1.807) is 0 Å². The number of ether oxygens (including phenoxy) is 1. The molecule has 0 amide bonds. The van der Waals surface area contributed by atoms with Crippen LogP contribution in [0.3, 0.4) is 0 Å². The highest BCUT2D eigenvalue weighted by molar-refractivity contribution is 14.0. The first-order valence-corrected chi connectivity index (χ1v) is 10.0. The molecule has 1 fully saturated rings. The number of benzene rings is 1. The van der Waals surface area contributed by atoms with E-state index < -0.39 is 0 Å². The fraction of sp³-hybridized carbons (Fsp3) is 0.455. The van der Waals surface area contributed by atoms with E-state index in [0.717, 1.165) is 36.2 Å². The van der Waals surface area contributed by atoms with Crippen molar-refractivity contribution in [2.75, 3.05) is 26.3 Å². The van der Waals surface area contributed by atoms with Gasteiger partial charge in [0.2, 0.25) is 5.88 Å². The average Bonchev–Trinajstić information content (AvgIpc) is 3.57. The van der Waals surface area contributed by atoms with Crippen LogP contribution in [0, 0.1) is 5.92 Å². The molecule has 6 nitrogen and oxygen atoms in total. The zero-order chi connectivity index (χ0) is 19.6. The topological polar surface area (TPSA) is 78.8 Å². The number of hydrogen-bond donors (Lipinski definition) is 3. The van der Waals surface area contributed by atoms with Gasteiger partial charge >= 0.3 is 0 Å². The number of aliphatic hydroxyl groups excluding tert-OH is 1. The SMILES string of the molecule is CCNC(=NCc1ccc(OCC2CC2)nc1)NCC(CO)c1ccccc1.I. The van der Waals surface area contributed by atoms with Gasteiger partial charge in [-0.2, -0.15) is 0 Å². The van der Waals surface area contributed by atoms with Crippen molar-refractivity contribution in [1.29, 1.82) is 0 Å². The molecule has 158 valence electrons. The van der Waals surface area contributed by atoms with Crippen molar-refractivity contribution in [3.8, 4) is 5.88 Å². The molecule has 29 heavy (non-hydrogen) atoms. The predicted octanol–water partition coefficient (Wildman–Crippen LogP) is 3.32. The fourth-order valence-corrected chi connectivity index (χ4v) is 2.82. The summed E-state index contributed by atoms with van der Waals surface area (Å²) in [6.45, 7) is 4.80. The summed E-state index contributed by atoms with van der Waals surface area (Å²) in [5.74, 6) is 2.15. The van der Waals surface area contributed by atoms with Crippen LogP contribution in [-0.4, -0.2) is 42.4 Å². The molecule has 3 N–H and O–H groups in total. The number of aromatic nitrogens is 1. The zero-order valence-electron chi connectivity index (χ0n) is 16.9. The molecule has 0 aliphatic heterocycles. The van der Waals surface area contributed by atoms with Crippen LogP contribution in [0.2, 0.25) is 0 Å². The first-order chi connectivity index (χ1) is 13.8. The van der Waals surface area contributed by atoms with Crippen LogP contribution in [0.5, 0.6) is 5.88 Å². The van der Waals surface area contributed by atoms with E-state index in [1.807, 2.05) is 55.6 Å². The molecule has 1 aromatic carbocycles. The summed E-state index contributed by atoms with van der Waals surface area (Å²) in [6, 6.07) is 13.9. The van der Waals surface area contributed by atoms with Crippen molar-refractivity contribution in [3.05, 3.63) is 59.8 Å². The lowest BCUT2D eigenvalue weighted by Gasteiger charge is -2.18. The van der Waals surface area contributed by atoms with E-state index >= 15 is 0 Å². The second-order valence-electron chi connectivity index (χ2n) is 7.13. The zero-order valence-corrected chi connectivity index (χ0v) is 19.2. The van der Waals surface area contributed by atoms with Crippen molar-refractivity contribution in [2.45, 2.75) is 32.2 Å². The lowest BCUT2D eigenvalue weighted by molar-refractivity contribution is 0.265. The summed E-state index contributed by atoms with van der Waals surface area (Å²) in [6.07, 6.45) is 4.36. The van der Waals surface area contributed by atoms with Crippen molar-refractivity contribution >= 4 is 29.9 Å². The predicted molar refractivity (Wildman–Crippen MR) is 127 cm³/mol. The molecule has 1 heterocycles. The van der Waals surface area contributed by atoms with Gasteiger partial charge in [0.1, 0.15) is 0 Å². The molecule has 3 rings (SSSR count). The standard InChI is InChI=1S/C22H30N4O2.HI/c1-2-23-22(26-14-20(15-27)19-6-4-3-5-7-19)25-13-18-10-11-21(24-12-18)28-16-17-8-9-17;/h3-7,10-12,17,20,27H,2,8-9,13-16H2,1H3,(H2,23,25,26);1H. The molecule has 1 aliphatic carbocycles. The number of aliphatic imine (C=N–C) groups is 1. The largest absolute Gasteiger partial charge is 0.477 e. The third kappa shape index (κ3) is 8.18. The summed E-state index contributed by atoms with van der Waals surface area (Å²) in [7, 11) is 0. The van der Waals surface area contributed by atoms with Crippen molar-refractivity contribution in [3.63, 3.8) is 0 Å². The molecule has 0 bridgehead atoms. The fourth-order valence-electron chi connectivity index (χ4n) is 2.82. The van der Waals surface area contributed by atoms with Crippen LogP contribution in [0.1, 0.15) is 36.8 Å². The number of nitrogens with zero attached hydrogens (tertiary/aromatic N) is 2. The number of rotatable bonds is 10. The van der Waals surface area contributed by atoms with Gasteiger partial charge in [-0.3, -0.25) is 0 Å². The molecule has 0 radical (unpaired) electrons. The molecule has 1 saturated carbocycles. The monoisotopic (exact) mass is 510 g/mol. The van der Waals surface area contributed by atoms with Gasteiger partial charge in [0.15, 0.2) is 5.96 Å². The van der Waals surface area contributed by atoms with Gasteiger partial charge in [-0.25, -0.2) is 9.98 Å². The minimum absolute atomic E-state index is 0. The number of pyridine rings is 1. The second kappa shape index (κ2) is 12.6. The molecule has 0 spiro atoms. The third-order valence-electron chi connectivity index (χ3n) is 4.73. The van der Waals surface area contributed by atoms with E-state index in [9.17, 15) is 5.11 Å². The van der Waals surface area contributed by atoms with E-state index in [4.69, 9.17) is 4.74 Å². The highest BCUT2D eigenvalue weighted by Gasteiger charge is 2.22. The molecule has 1 atom stereocenters. The van der Waals surface area contributed by atoms with Gasteiger partial charge in [-0.05, 0) is 36.8 Å². The second-order valence-corrected chi connectivity index (χ2v) is 7.13. The van der Waals surface area contributed by atoms with Gasteiger partial charge < -0.3 is 20.5 Å². The van der Waals surface area contributed by atoms with Crippen LogP contribution >= 0.6 is 24.0 Å². The maximum absolute atomic E-state index is 9.72. The number of nitrogens with one attached hydrogen (secondary N) is 2. The van der Waals surface area contributed by atoms with E-state index in [1.165, 1.54) is 12.8 Å². The van der Waals surface area contributed by atoms with Crippen LogP contribution in [-0.2, 0) is 6.54 Å². The Morgan fingerprint density at radius 1 is 1.21 bits per heavy atom. The lowest BCUT2D eigenvalue weighted by Crippen LogP contribution is -2.39. The summed E-state index contributed by atoms with van der Waals surface area (Å²) in [4.78, 5) is 8.99. The average molecular weight is 510 g/mol. The van der Waals surface area contributed by atoms with E-state index in [0.29, 0.717) is 19.0 Å². The highest BCUT2D eigenvalue weighted by Crippen LogP contribution is 2.29. The Morgan fingerprint density at radius 2 is 2.00 bits per heavy atom. The highest BCUT2D eigenvalue weighted by atomic mass is 127. The van der Waals surface area contributed by atoms with E-state index in [2.05, 4.69) is 20.6 Å². The van der Waals surface area contributed by atoms with Crippen LogP contribution in [0.4, 0.5) is 0 Å². The number of halogens is 1. The molecule has 7 heteroatoms. The summed E-state index contributed by atoms with van der Waals surface area (Å²) >= 11 is 0. The van der Waals surface area contributed by atoms with Crippen molar-refractivity contribution < 1.29 is 9.84 Å². The maximum Gasteiger partial charge on any atom is 0.213 e. The Morgan fingerprint density at radius 3 is 2.62 bits per heavy atom. The maximum atomic E-state index is 9.72. The number of guanidine groups is 1. The Hall–Kier alpha value is -1.87. The molecule has 1 aromatic heterocycles. The Balaban J connectivity index is 0.00000300. The Kier molecular flexibility index (Phi) is 10.2. The lowest BCUT2D eigenvalue weighted by atomic mass is 10.0. The smallest absolute Gasteiger partial charge is 0.213 e. The molecular weight excluding hydrogens is 479 g/mol. The van der Waals surface area contributed by atoms with Crippen LogP contribution in [0.25, 0.3) is 0 Å². The number of hydrogen-bond acceptors (Lipinski definition) is 4. The van der Waals surface area contributed by atoms with Gasteiger partial charge in [-0.15, -0.1) is 24.0 Å². The third-order valence-corrected chi connectivity index (χ3v) is 4.73. The Bertz CT molecular complexity index is 736. The first kappa shape index (κ1) is 23.4. The summed E-state index contributed by atoms with van der Waals surface area (Å²) in [5.41, 5.74) is 2.14. The number of aliphatic hydroxyl groups is 1. The van der Waals surface area contributed by atoms with E-state index in [-0.39, 0.29) is 36.5 Å². The van der Waals surface area contributed by atoms with Crippen molar-refractivity contribution in [2.24, 2.45) is 10.9 Å². The Labute approximate surface area is 190 Å². The van der Waals surface area contributed by atoms with Gasteiger partial charge in [0, 0.05) is 31.3 Å². The molecule has 1 aliphatic rings. The summed E-state index contributed by atoms with van der Waals surface area (Å²) in [5, 5.41) is 16.3. The normalized spacial score (nSPS) is 14.6. The molecule has 0 saturated heterocycles. The van der Waals surface area contributed by atoms with Crippen LogP contribution in [0.15, 0.2) is 53.7 Å². The quantitative estimate of drug-likeness (QED) is 0.260. The minimum atomic E-state index is 0. The van der Waals surface area contributed by atoms with Crippen molar-refractivity contribution in [1.82, 2.24) is 15.6 Å². The first-order valence-electron chi connectivity index (χ1n) is 10.0. The van der Waals surface area contributed by atoms with Gasteiger partial charge in [0.05, 0.1) is 19.8 Å². The van der Waals surface area contributed by atoms with Crippen LogP contribution < -0.4 is 15.4 Å². The molecule has 1 unspecified atom stereocenters. The summed E-state index contributed by atoms with van der Waals surface area (Å²) < 4.78 is 5.67. The minimum Gasteiger partial charge on any atom is -0.477 e. The molecular formula is C22H31IN4O2. The van der Waals surface area contributed by atoms with Gasteiger partial charge in [-0.1, -0.05) is 36.4 Å².